The molecule has 0 saturated heterocycles. The van der Waals surface area contributed by atoms with E-state index in [4.69, 9.17) is 10.2 Å². The Morgan fingerprint density at radius 1 is 1.44 bits per heavy atom. The van der Waals surface area contributed by atoms with E-state index in [2.05, 4.69) is 5.32 Å². The van der Waals surface area contributed by atoms with Crippen LogP contribution in [0.4, 0.5) is 0 Å². The lowest BCUT2D eigenvalue weighted by atomic mass is 9.84. The first kappa shape index (κ1) is 13.6. The second-order valence-corrected chi connectivity index (χ2v) is 5.24. The van der Waals surface area contributed by atoms with Gasteiger partial charge in [-0.2, -0.15) is 0 Å². The van der Waals surface area contributed by atoms with E-state index in [1.165, 1.54) is 12.8 Å². The van der Waals surface area contributed by atoms with Gasteiger partial charge in [-0.05, 0) is 37.8 Å². The molecule has 4 N–H and O–H groups in total. The third kappa shape index (κ3) is 3.13. The summed E-state index contributed by atoms with van der Waals surface area (Å²) in [5, 5.41) is 13.0. The molecule has 0 amide bonds. The quantitative estimate of drug-likeness (QED) is 0.746. The first-order valence-electron chi connectivity index (χ1n) is 6.88. The molecule has 0 bridgehead atoms. The summed E-state index contributed by atoms with van der Waals surface area (Å²) in [5.41, 5.74) is 5.83. The molecule has 1 fully saturated rings. The maximum absolute atomic E-state index is 9.43. The smallest absolute Gasteiger partial charge is 0.122 e. The highest BCUT2D eigenvalue weighted by atomic mass is 16.3. The zero-order valence-electron chi connectivity index (χ0n) is 11.1. The van der Waals surface area contributed by atoms with Crippen molar-refractivity contribution in [2.45, 2.75) is 44.7 Å². The fraction of sp³-hybridized carbons (Fsp3) is 0.714. The van der Waals surface area contributed by atoms with Gasteiger partial charge in [0.15, 0.2) is 0 Å². The van der Waals surface area contributed by atoms with Crippen LogP contribution in [-0.4, -0.2) is 24.3 Å². The van der Waals surface area contributed by atoms with E-state index in [0.717, 1.165) is 24.4 Å². The Bertz CT molecular complexity index is 364. The van der Waals surface area contributed by atoms with E-state index in [9.17, 15) is 5.11 Å². The monoisotopic (exact) mass is 252 g/mol. The van der Waals surface area contributed by atoms with Crippen molar-refractivity contribution in [2.75, 3.05) is 13.2 Å². The van der Waals surface area contributed by atoms with Gasteiger partial charge in [-0.25, -0.2) is 0 Å². The number of rotatable bonds is 5. The third-order valence-electron chi connectivity index (χ3n) is 3.90. The zero-order chi connectivity index (χ0) is 13.0. The van der Waals surface area contributed by atoms with Gasteiger partial charge in [0.2, 0.25) is 0 Å². The molecule has 102 valence electrons. The van der Waals surface area contributed by atoms with Gasteiger partial charge in [-0.3, -0.25) is 0 Å². The normalized spacial score (nSPS) is 26.2. The number of hydrogen-bond acceptors (Lipinski definition) is 4. The van der Waals surface area contributed by atoms with Crippen molar-refractivity contribution in [3.63, 3.8) is 0 Å². The molecule has 4 nitrogen and oxygen atoms in total. The lowest BCUT2D eigenvalue weighted by Crippen LogP contribution is -2.44. The van der Waals surface area contributed by atoms with Gasteiger partial charge in [0.05, 0.1) is 6.04 Å². The Kier molecular flexibility index (Phi) is 4.80. The fourth-order valence-electron chi connectivity index (χ4n) is 2.81. The molecule has 1 heterocycles. The standard InChI is InChI=1S/C14H24N2O2/c1-10-6-7-14(18-10)13(8-15)16-12-5-3-2-4-11(12)9-17/h6-7,11-13,16-17H,2-5,8-9,15H2,1H3. The van der Waals surface area contributed by atoms with Crippen molar-refractivity contribution in [3.8, 4) is 0 Å². The molecule has 0 radical (unpaired) electrons. The highest BCUT2D eigenvalue weighted by Crippen LogP contribution is 2.26. The van der Waals surface area contributed by atoms with Crippen LogP contribution in [0, 0.1) is 12.8 Å². The maximum Gasteiger partial charge on any atom is 0.122 e. The Hall–Kier alpha value is -0.840. The number of hydrogen-bond donors (Lipinski definition) is 3. The minimum Gasteiger partial charge on any atom is -0.465 e. The zero-order valence-corrected chi connectivity index (χ0v) is 11.1. The number of nitrogens with two attached hydrogens (primary N) is 1. The van der Waals surface area contributed by atoms with Gasteiger partial charge in [-0.1, -0.05) is 12.8 Å². The number of aryl methyl sites for hydroxylation is 1. The fourth-order valence-corrected chi connectivity index (χ4v) is 2.81. The van der Waals surface area contributed by atoms with Crippen LogP contribution in [0.15, 0.2) is 16.5 Å². The summed E-state index contributed by atoms with van der Waals surface area (Å²) in [6, 6.07) is 4.35. The molecule has 1 aliphatic rings. The van der Waals surface area contributed by atoms with Crippen LogP contribution < -0.4 is 11.1 Å². The summed E-state index contributed by atoms with van der Waals surface area (Å²) in [5.74, 6) is 2.16. The molecule has 18 heavy (non-hydrogen) atoms. The summed E-state index contributed by atoms with van der Waals surface area (Å²) in [7, 11) is 0. The average molecular weight is 252 g/mol. The molecule has 1 aromatic rings. The molecular formula is C14H24N2O2. The van der Waals surface area contributed by atoms with Gasteiger partial charge in [0.25, 0.3) is 0 Å². The van der Waals surface area contributed by atoms with Gasteiger partial charge in [0.1, 0.15) is 11.5 Å². The van der Waals surface area contributed by atoms with E-state index in [0.29, 0.717) is 18.5 Å². The van der Waals surface area contributed by atoms with E-state index in [-0.39, 0.29) is 12.6 Å². The predicted molar refractivity (Wildman–Crippen MR) is 71.2 cm³/mol. The second-order valence-electron chi connectivity index (χ2n) is 5.24. The Morgan fingerprint density at radius 2 is 2.22 bits per heavy atom. The van der Waals surface area contributed by atoms with Crippen molar-refractivity contribution >= 4 is 0 Å². The number of aliphatic hydroxyl groups excluding tert-OH is 1. The lowest BCUT2D eigenvalue weighted by Gasteiger charge is -2.33. The number of nitrogens with one attached hydrogen (secondary N) is 1. The third-order valence-corrected chi connectivity index (χ3v) is 3.90. The summed E-state index contributed by atoms with van der Waals surface area (Å²) in [4.78, 5) is 0. The average Bonchev–Trinajstić information content (AvgIpc) is 2.83. The molecule has 1 aromatic heterocycles. The van der Waals surface area contributed by atoms with Crippen molar-refractivity contribution in [1.82, 2.24) is 5.32 Å². The molecule has 3 atom stereocenters. The molecule has 0 aromatic carbocycles. The summed E-state index contributed by atoms with van der Waals surface area (Å²) >= 11 is 0. The predicted octanol–water partition coefficient (Wildman–Crippen LogP) is 1.73. The molecule has 0 spiro atoms. The highest BCUT2D eigenvalue weighted by molar-refractivity contribution is 5.10. The summed E-state index contributed by atoms with van der Waals surface area (Å²) in [6.07, 6.45) is 4.66. The molecule has 1 saturated carbocycles. The van der Waals surface area contributed by atoms with Crippen molar-refractivity contribution < 1.29 is 9.52 Å². The van der Waals surface area contributed by atoms with Gasteiger partial charge in [-0.15, -0.1) is 0 Å². The topological polar surface area (TPSA) is 71.4 Å². The minimum absolute atomic E-state index is 0.0517. The van der Waals surface area contributed by atoms with Crippen molar-refractivity contribution in [2.24, 2.45) is 11.7 Å². The van der Waals surface area contributed by atoms with Gasteiger partial charge in [0, 0.05) is 19.2 Å². The Morgan fingerprint density at radius 3 is 2.83 bits per heavy atom. The van der Waals surface area contributed by atoms with Crippen LogP contribution in [0.2, 0.25) is 0 Å². The molecule has 1 aliphatic carbocycles. The molecular weight excluding hydrogens is 228 g/mol. The van der Waals surface area contributed by atoms with Crippen LogP contribution in [0.1, 0.15) is 43.2 Å². The van der Waals surface area contributed by atoms with Gasteiger partial charge < -0.3 is 20.6 Å². The summed E-state index contributed by atoms with van der Waals surface area (Å²) in [6.45, 7) is 2.71. The number of aliphatic hydroxyl groups is 1. The van der Waals surface area contributed by atoms with E-state index in [1.807, 2.05) is 19.1 Å². The lowest BCUT2D eigenvalue weighted by molar-refractivity contribution is 0.143. The minimum atomic E-state index is 0.0517. The van der Waals surface area contributed by atoms with Crippen LogP contribution in [0.5, 0.6) is 0 Å². The van der Waals surface area contributed by atoms with E-state index < -0.39 is 0 Å². The first-order chi connectivity index (χ1) is 8.74. The molecule has 3 unspecified atom stereocenters. The SMILES string of the molecule is Cc1ccc(C(CN)NC2CCCCC2CO)o1. The first-order valence-corrected chi connectivity index (χ1v) is 6.88. The Balaban J connectivity index is 2.00. The van der Waals surface area contributed by atoms with Crippen LogP contribution in [-0.2, 0) is 0 Å². The molecule has 4 heteroatoms. The number of furan rings is 1. The van der Waals surface area contributed by atoms with Crippen LogP contribution in [0.3, 0.4) is 0 Å². The van der Waals surface area contributed by atoms with Crippen LogP contribution >= 0.6 is 0 Å². The van der Waals surface area contributed by atoms with Crippen molar-refractivity contribution in [3.05, 3.63) is 23.7 Å². The Labute approximate surface area is 109 Å². The highest BCUT2D eigenvalue weighted by Gasteiger charge is 2.27. The van der Waals surface area contributed by atoms with Crippen molar-refractivity contribution in [1.29, 1.82) is 0 Å². The van der Waals surface area contributed by atoms with E-state index in [1.54, 1.807) is 0 Å². The maximum atomic E-state index is 9.43. The van der Waals surface area contributed by atoms with Gasteiger partial charge >= 0.3 is 0 Å². The second kappa shape index (κ2) is 6.36. The largest absolute Gasteiger partial charge is 0.465 e. The molecule has 0 aliphatic heterocycles. The van der Waals surface area contributed by atoms with E-state index >= 15 is 0 Å². The summed E-state index contributed by atoms with van der Waals surface area (Å²) < 4.78 is 5.64. The van der Waals surface area contributed by atoms with Crippen LogP contribution in [0.25, 0.3) is 0 Å². The molecule has 2 rings (SSSR count).